The Morgan fingerprint density at radius 2 is 1.87 bits per heavy atom. The Balaban J connectivity index is 1.65. The van der Waals surface area contributed by atoms with Crippen molar-refractivity contribution in [1.82, 2.24) is 5.32 Å². The zero-order valence-corrected chi connectivity index (χ0v) is 18.7. The van der Waals surface area contributed by atoms with E-state index >= 15 is 0 Å². The van der Waals surface area contributed by atoms with Crippen LogP contribution in [0.5, 0.6) is 0 Å². The lowest BCUT2D eigenvalue weighted by Gasteiger charge is -2.08. The minimum absolute atomic E-state index is 0.197. The first-order chi connectivity index (χ1) is 14.6. The molecule has 1 unspecified atom stereocenters. The van der Waals surface area contributed by atoms with E-state index in [0.29, 0.717) is 25.1 Å². The van der Waals surface area contributed by atoms with E-state index in [1.807, 2.05) is 30.3 Å². The molecule has 0 saturated heterocycles. The van der Waals surface area contributed by atoms with Crippen LogP contribution in [-0.2, 0) is 22.1 Å². The molecule has 0 radical (unpaired) electrons. The maximum atomic E-state index is 12.9. The molecular weight excluding hydrogens is 422 g/mol. The minimum atomic E-state index is -2.84. The number of hydrogen-bond acceptors (Lipinski definition) is 5. The zero-order chi connectivity index (χ0) is 21.6. The van der Waals surface area contributed by atoms with Gasteiger partial charge >= 0.3 is 8.25 Å². The van der Waals surface area contributed by atoms with Gasteiger partial charge in [-0.2, -0.15) is 5.26 Å². The molecule has 30 heavy (non-hydrogen) atoms. The largest absolute Gasteiger partial charge is 0.326 e. The van der Waals surface area contributed by atoms with Crippen LogP contribution < -0.4 is 5.32 Å². The van der Waals surface area contributed by atoms with Crippen molar-refractivity contribution in [2.75, 3.05) is 18.9 Å². The standard InChI is InChI=1S/C22H28FN2O3PS/c23-21-9-6-18(7-10-21)5-2-1-3-14-30-22-11-8-19(15-20(22)16-24)17-25-12-4-13-28-29(26)27/h6-11,15,25,29H,1-5,12-14,17H2,(H,26,27). The van der Waals surface area contributed by atoms with Crippen LogP contribution in [0.15, 0.2) is 47.4 Å². The van der Waals surface area contributed by atoms with Gasteiger partial charge in [-0.25, -0.2) is 4.39 Å². The lowest BCUT2D eigenvalue weighted by molar-refractivity contribution is 0.276. The first-order valence-corrected chi connectivity index (χ1v) is 12.3. The first kappa shape index (κ1) is 24.6. The summed E-state index contributed by atoms with van der Waals surface area (Å²) in [6, 6.07) is 14.9. The molecule has 5 nitrogen and oxygen atoms in total. The van der Waals surface area contributed by atoms with Gasteiger partial charge in [0.2, 0.25) is 0 Å². The van der Waals surface area contributed by atoms with Gasteiger partial charge in [0, 0.05) is 11.4 Å². The van der Waals surface area contributed by atoms with Crippen molar-refractivity contribution in [3.8, 4) is 6.07 Å². The number of nitrogens with zero attached hydrogens (tertiary/aromatic N) is 1. The van der Waals surface area contributed by atoms with Crippen LogP contribution in [0.4, 0.5) is 4.39 Å². The molecule has 0 aromatic heterocycles. The summed E-state index contributed by atoms with van der Waals surface area (Å²) in [5.41, 5.74) is 2.89. The molecule has 0 amide bonds. The molecule has 1 atom stereocenters. The van der Waals surface area contributed by atoms with Crippen LogP contribution in [0.1, 0.15) is 42.4 Å². The van der Waals surface area contributed by atoms with Crippen LogP contribution in [0.3, 0.4) is 0 Å². The highest BCUT2D eigenvalue weighted by molar-refractivity contribution is 7.99. The molecule has 2 aromatic rings. The van der Waals surface area contributed by atoms with Gasteiger partial charge in [-0.15, -0.1) is 11.8 Å². The monoisotopic (exact) mass is 450 g/mol. The third-order valence-corrected chi connectivity index (χ3v) is 6.11. The third-order valence-electron chi connectivity index (χ3n) is 4.50. The predicted octanol–water partition coefficient (Wildman–Crippen LogP) is 5.08. The summed E-state index contributed by atoms with van der Waals surface area (Å²) in [6.07, 6.45) is 4.85. The van der Waals surface area contributed by atoms with Crippen molar-refractivity contribution in [1.29, 1.82) is 5.26 Å². The Labute approximate surface area is 182 Å². The summed E-state index contributed by atoms with van der Waals surface area (Å²) >= 11 is 1.71. The number of nitriles is 1. The molecule has 162 valence electrons. The normalized spacial score (nSPS) is 11.9. The maximum absolute atomic E-state index is 12.9. The van der Waals surface area contributed by atoms with Crippen LogP contribution >= 0.6 is 20.0 Å². The van der Waals surface area contributed by atoms with Crippen LogP contribution in [0.25, 0.3) is 0 Å². The van der Waals surface area contributed by atoms with Gasteiger partial charge < -0.3 is 14.7 Å². The van der Waals surface area contributed by atoms with Crippen molar-refractivity contribution >= 4 is 20.0 Å². The fourth-order valence-electron chi connectivity index (χ4n) is 2.93. The summed E-state index contributed by atoms with van der Waals surface area (Å²) in [6.45, 7) is 1.56. The molecule has 0 spiro atoms. The molecule has 0 aliphatic rings. The molecule has 2 aromatic carbocycles. The highest BCUT2D eigenvalue weighted by Crippen LogP contribution is 2.25. The van der Waals surface area contributed by atoms with Crippen LogP contribution in [0.2, 0.25) is 0 Å². The van der Waals surface area contributed by atoms with E-state index in [0.717, 1.165) is 47.5 Å². The van der Waals surface area contributed by atoms with Crippen LogP contribution in [-0.4, -0.2) is 23.8 Å². The van der Waals surface area contributed by atoms with Gasteiger partial charge in [0.15, 0.2) is 0 Å². The highest BCUT2D eigenvalue weighted by atomic mass is 32.2. The van der Waals surface area contributed by atoms with Gasteiger partial charge in [0.25, 0.3) is 0 Å². The number of nitrogens with one attached hydrogen (secondary N) is 1. The van der Waals surface area contributed by atoms with Crippen molar-refractivity contribution in [2.24, 2.45) is 0 Å². The smallest absolute Gasteiger partial charge is 0.316 e. The summed E-state index contributed by atoms with van der Waals surface area (Å²) in [5, 5.41) is 12.7. The summed E-state index contributed by atoms with van der Waals surface area (Å²) < 4.78 is 28.0. The molecule has 2 rings (SSSR count). The van der Waals surface area contributed by atoms with Gasteiger partial charge in [-0.05, 0) is 73.4 Å². The van der Waals surface area contributed by atoms with Crippen LogP contribution in [0, 0.1) is 17.1 Å². The Hall–Kier alpha value is -1.68. The molecular formula is C22H28FN2O3PS. The van der Waals surface area contributed by atoms with Gasteiger partial charge in [-0.3, -0.25) is 4.57 Å². The number of thioether (sulfide) groups is 1. The lowest BCUT2D eigenvalue weighted by atomic mass is 10.1. The fraction of sp³-hybridized carbons (Fsp3) is 0.409. The van der Waals surface area contributed by atoms with Crippen molar-refractivity contribution < 1.29 is 18.4 Å². The number of benzene rings is 2. The van der Waals surface area contributed by atoms with E-state index in [-0.39, 0.29) is 12.4 Å². The molecule has 0 bridgehead atoms. The number of unbranched alkanes of at least 4 members (excludes halogenated alkanes) is 2. The van der Waals surface area contributed by atoms with Crippen molar-refractivity contribution in [3.63, 3.8) is 0 Å². The molecule has 0 saturated carbocycles. The molecule has 8 heteroatoms. The maximum Gasteiger partial charge on any atom is 0.316 e. The summed E-state index contributed by atoms with van der Waals surface area (Å²) in [5.74, 6) is 0.765. The highest BCUT2D eigenvalue weighted by Gasteiger charge is 2.05. The SMILES string of the molecule is N#Cc1cc(CNCCCO[PH](=O)O)ccc1SCCCCCc1ccc(F)cc1. The second-order valence-electron chi connectivity index (χ2n) is 6.87. The Morgan fingerprint density at radius 3 is 2.60 bits per heavy atom. The second-order valence-corrected chi connectivity index (χ2v) is 8.83. The second kappa shape index (κ2) is 14.3. The molecule has 0 fully saturated rings. The zero-order valence-electron chi connectivity index (χ0n) is 16.9. The number of hydrogen-bond donors (Lipinski definition) is 2. The van der Waals surface area contributed by atoms with E-state index < -0.39 is 8.25 Å². The van der Waals surface area contributed by atoms with Gasteiger partial charge in [0.1, 0.15) is 11.9 Å². The number of rotatable bonds is 14. The minimum Gasteiger partial charge on any atom is -0.326 e. The van der Waals surface area contributed by atoms with E-state index in [9.17, 15) is 14.2 Å². The predicted molar refractivity (Wildman–Crippen MR) is 119 cm³/mol. The Bertz CT molecular complexity index is 843. The number of halogens is 1. The summed E-state index contributed by atoms with van der Waals surface area (Å²) in [7, 11) is -2.84. The third kappa shape index (κ3) is 9.88. The van der Waals surface area contributed by atoms with Gasteiger partial charge in [0.05, 0.1) is 12.2 Å². The van der Waals surface area contributed by atoms with Gasteiger partial charge in [-0.1, -0.05) is 24.6 Å². The lowest BCUT2D eigenvalue weighted by Crippen LogP contribution is -2.16. The van der Waals surface area contributed by atoms with E-state index in [1.54, 1.807) is 11.8 Å². The summed E-state index contributed by atoms with van der Waals surface area (Å²) in [4.78, 5) is 9.59. The first-order valence-electron chi connectivity index (χ1n) is 10.0. The quantitative estimate of drug-likeness (QED) is 0.237. The molecule has 0 heterocycles. The van der Waals surface area contributed by atoms with E-state index in [1.165, 1.54) is 12.1 Å². The average molecular weight is 451 g/mol. The van der Waals surface area contributed by atoms with E-state index in [4.69, 9.17) is 4.89 Å². The average Bonchev–Trinajstić information content (AvgIpc) is 2.74. The Morgan fingerprint density at radius 1 is 1.10 bits per heavy atom. The van der Waals surface area contributed by atoms with Crippen molar-refractivity contribution in [3.05, 3.63) is 65.0 Å². The number of aryl methyl sites for hydroxylation is 1. The topological polar surface area (TPSA) is 82.3 Å². The fourth-order valence-corrected chi connectivity index (χ4v) is 4.24. The molecule has 2 N–H and O–H groups in total. The molecule has 0 aliphatic carbocycles. The Kier molecular flexibility index (Phi) is 11.8. The molecule has 0 aliphatic heterocycles. The van der Waals surface area contributed by atoms with E-state index in [2.05, 4.69) is 15.9 Å². The van der Waals surface area contributed by atoms with Crippen molar-refractivity contribution in [2.45, 2.75) is 43.5 Å².